The number of amides is 5. The second kappa shape index (κ2) is 35.9. The van der Waals surface area contributed by atoms with Gasteiger partial charge < -0.3 is 0 Å². The Morgan fingerprint density at radius 3 is 1.14 bits per heavy atom. The topological polar surface area (TPSA) is 505 Å². The maximum absolute atomic E-state index is 12.1. The van der Waals surface area contributed by atoms with Crippen LogP contribution in [0.5, 0.6) is 0 Å². The van der Waals surface area contributed by atoms with Crippen molar-refractivity contribution in [1.29, 1.82) is 0 Å². The van der Waals surface area contributed by atoms with E-state index < -0.39 is 128 Å². The molecule has 0 radical (unpaired) electrons. The lowest BCUT2D eigenvalue weighted by molar-refractivity contribution is -0.384. The van der Waals surface area contributed by atoms with E-state index in [-0.39, 0.29) is 64.5 Å². The lowest BCUT2D eigenvalue weighted by Gasteiger charge is -2.10. The molecule has 6 aromatic rings. The molecule has 95 heavy (non-hydrogen) atoms. The molecule has 2 aromatic heterocycles. The van der Waals surface area contributed by atoms with Gasteiger partial charge in [0.25, 0.3) is 64.5 Å². The minimum Gasteiger partial charge on any atom is -0.300 e. The number of Topliss-reactive ketones (excluding diaryl/α,β-unsaturated/α-hetero) is 2. The summed E-state index contributed by atoms with van der Waals surface area (Å²) >= 11 is 12.9. The number of halogens is 2. The summed E-state index contributed by atoms with van der Waals surface area (Å²) in [7, 11) is -24.1. The fourth-order valence-corrected chi connectivity index (χ4v) is 14.6. The third kappa shape index (κ3) is 28.3. The van der Waals surface area contributed by atoms with Gasteiger partial charge in [-0.2, -0.15) is 16.8 Å². The first kappa shape index (κ1) is 83.4. The van der Waals surface area contributed by atoms with Crippen LogP contribution in [0.3, 0.4) is 0 Å². The van der Waals surface area contributed by atoms with E-state index in [1.807, 2.05) is 23.6 Å². The average Bonchev–Trinajstić information content (AvgIpc) is 1.58. The van der Waals surface area contributed by atoms with E-state index in [2.05, 4.69) is 20.4 Å². The van der Waals surface area contributed by atoms with E-state index in [4.69, 9.17) is 28.3 Å². The molecule has 0 fully saturated rings. The van der Waals surface area contributed by atoms with E-state index in [0.29, 0.717) is 15.6 Å². The van der Waals surface area contributed by atoms with Gasteiger partial charge in [0.1, 0.15) is 15.8 Å². The molecule has 0 spiro atoms. The van der Waals surface area contributed by atoms with Crippen molar-refractivity contribution in [2.45, 2.75) is 117 Å². The molecule has 0 aliphatic carbocycles. The van der Waals surface area contributed by atoms with Crippen LogP contribution in [0.1, 0.15) is 96.5 Å². The third-order valence-electron chi connectivity index (χ3n) is 10.9. The highest BCUT2D eigenvalue weighted by atomic mass is 35.5. The van der Waals surface area contributed by atoms with Crippen LogP contribution >= 0.6 is 45.9 Å². The molecule has 6 rings (SSSR count). The minimum atomic E-state index is -4.21. The van der Waals surface area contributed by atoms with E-state index in [1.54, 1.807) is 97.9 Å². The number of nitro benzene ring substituents is 1. The summed E-state index contributed by atoms with van der Waals surface area (Å²) in [5.41, 5.74) is 0.219. The number of nitrogens with two attached hydrogens (primary N) is 1. The summed E-state index contributed by atoms with van der Waals surface area (Å²) < 4.78 is 149. The number of ketones is 2. The zero-order valence-corrected chi connectivity index (χ0v) is 60.0. The molecule has 2 heterocycles. The Morgan fingerprint density at radius 1 is 0.453 bits per heavy atom. The van der Waals surface area contributed by atoms with Crippen LogP contribution in [0.15, 0.2) is 125 Å². The van der Waals surface area contributed by atoms with Crippen molar-refractivity contribution in [3.05, 3.63) is 133 Å². The Hall–Kier alpha value is -7.67. The highest BCUT2D eigenvalue weighted by Crippen LogP contribution is 2.23. The third-order valence-corrected chi connectivity index (χ3v) is 21.6. The molecular weight excluding hydrogens is 1450 g/mol. The normalized spacial score (nSPS) is 11.7. The molecule has 0 saturated heterocycles. The number of carbonyl (C=O) groups is 7. The van der Waals surface area contributed by atoms with E-state index >= 15 is 0 Å². The molecule has 32 nitrogen and oxygen atoms in total. The van der Waals surface area contributed by atoms with Gasteiger partial charge in [0.15, 0.2) is 5.78 Å². The lowest BCUT2D eigenvalue weighted by Crippen LogP contribution is -2.33. The Balaban J connectivity index is 0.000000408. The van der Waals surface area contributed by atoms with Crippen molar-refractivity contribution >= 4 is 153 Å². The quantitative estimate of drug-likeness (QED) is 0.0300. The Morgan fingerprint density at radius 2 is 0.789 bits per heavy atom. The second-order valence-electron chi connectivity index (χ2n) is 20.8. The molecule has 0 aliphatic rings. The monoisotopic (exact) mass is 1520 g/mol. The van der Waals surface area contributed by atoms with Gasteiger partial charge in [-0.15, -0.1) is 20.4 Å². The van der Waals surface area contributed by atoms with Crippen LogP contribution in [0.4, 0.5) is 5.69 Å². The summed E-state index contributed by atoms with van der Waals surface area (Å²) in [6.07, 6.45) is -0.0573. The molecule has 0 atom stereocenters. The summed E-state index contributed by atoms with van der Waals surface area (Å²) in [6, 6.07) is 21.3. The highest BCUT2D eigenvalue weighted by molar-refractivity contribution is 7.92. The standard InChI is InChI=1S/C14H14ClN3O4S2.C10H13ClN2O5S2.C10H12N2O5S.C10H13NO3S.C9H13N3O4S2/c1-8(2)13(20)18-24(21,22)14-17-16-12(23-14)7-11(19)9-3-5-10(15)6-4-9;1-6(2)10(14)13-20(17,18)9-4-7(11)3-8(5-9)19(12,15)16;1-7(2)10(13)11-18(16,17)9-5-3-8(4-6-9)12(14)15;1-8(2)10(12)11-15(13,14)9-6-4-3-5-7-9;1-5(2)8(14)12-18(15,16)9-11-10-7(17-9)4-6(3)13/h3-6,8H,7H2,1-2H3,(H,18,20);3-6H,1-2H3,(H,13,14)(H2,12,15,16);3-7H,1-2H3,(H,11,13);3-8H,1-2H3,(H,11,12);5H,4H2,1-3H3,(H,12,14). The number of primary sulfonamides is 1. The van der Waals surface area contributed by atoms with Crippen molar-refractivity contribution < 1.29 is 89.0 Å². The zero-order valence-electron chi connectivity index (χ0n) is 51.9. The van der Waals surface area contributed by atoms with Crippen molar-refractivity contribution in [2.24, 2.45) is 34.7 Å². The van der Waals surface area contributed by atoms with Crippen molar-refractivity contribution in [1.82, 2.24) is 44.0 Å². The van der Waals surface area contributed by atoms with Gasteiger partial charge in [-0.25, -0.2) is 62.4 Å². The predicted octanol–water partition coefficient (Wildman–Crippen LogP) is 4.86. The van der Waals surface area contributed by atoms with Crippen LogP contribution < -0.4 is 28.7 Å². The number of nitro groups is 1. The van der Waals surface area contributed by atoms with Crippen molar-refractivity contribution in [3.8, 4) is 0 Å². The van der Waals surface area contributed by atoms with E-state index in [1.165, 1.54) is 32.9 Å². The van der Waals surface area contributed by atoms with Gasteiger partial charge >= 0.3 is 0 Å². The Labute approximate surface area is 566 Å². The smallest absolute Gasteiger partial charge is 0.293 e. The zero-order chi connectivity index (χ0) is 72.9. The number of rotatable bonds is 22. The van der Waals surface area contributed by atoms with Gasteiger partial charge in [-0.1, -0.05) is 133 Å². The van der Waals surface area contributed by atoms with E-state index in [9.17, 15) is 94.2 Å². The largest absolute Gasteiger partial charge is 0.300 e. The van der Waals surface area contributed by atoms with E-state index in [0.717, 1.165) is 65.1 Å². The van der Waals surface area contributed by atoms with Gasteiger partial charge in [0, 0.05) is 57.3 Å². The summed E-state index contributed by atoms with van der Waals surface area (Å²) in [5, 5.41) is 30.6. The first-order chi connectivity index (χ1) is 43.5. The average molecular weight is 1520 g/mol. The number of benzene rings is 4. The molecular formula is C53H65Cl2N11O21S8. The van der Waals surface area contributed by atoms with Gasteiger partial charge in [-0.05, 0) is 73.7 Å². The number of sulfonamides is 6. The highest BCUT2D eigenvalue weighted by Gasteiger charge is 2.28. The Bertz CT molecular complexity index is 4480. The molecule has 0 unspecified atom stereocenters. The molecule has 5 amide bonds. The fraction of sp³-hybridized carbons (Fsp3) is 0.340. The summed E-state index contributed by atoms with van der Waals surface area (Å²) in [4.78, 5) is 88.6. The first-order valence-corrected chi connectivity index (χ1v) is 38.3. The number of hydrogen-bond acceptors (Lipinski definition) is 27. The predicted molar refractivity (Wildman–Crippen MR) is 347 cm³/mol. The van der Waals surface area contributed by atoms with Crippen LogP contribution in [0, 0.1) is 39.7 Å². The molecule has 0 bridgehead atoms. The molecule has 520 valence electrons. The summed E-state index contributed by atoms with van der Waals surface area (Å²) in [6.45, 7) is 17.1. The maximum atomic E-state index is 12.1. The maximum Gasteiger partial charge on any atom is 0.293 e. The van der Waals surface area contributed by atoms with Crippen LogP contribution in [-0.4, -0.2) is 117 Å². The minimum absolute atomic E-state index is 0.0330. The molecule has 7 N–H and O–H groups in total. The molecule has 0 aliphatic heterocycles. The van der Waals surface area contributed by atoms with Crippen molar-refractivity contribution in [3.63, 3.8) is 0 Å². The van der Waals surface area contributed by atoms with Gasteiger partial charge in [0.2, 0.25) is 39.6 Å². The molecule has 4 aromatic carbocycles. The van der Waals surface area contributed by atoms with Crippen molar-refractivity contribution in [2.75, 3.05) is 0 Å². The van der Waals surface area contributed by atoms with Crippen LogP contribution in [-0.2, 0) is 102 Å². The lowest BCUT2D eigenvalue weighted by atomic mass is 10.1. The second-order valence-corrected chi connectivity index (χ2v) is 34.1. The Kier molecular flexibility index (Phi) is 31.5. The van der Waals surface area contributed by atoms with Gasteiger partial charge in [-0.3, -0.25) is 43.7 Å². The number of carbonyl (C=O) groups excluding carboxylic acids is 7. The number of aromatic nitrogens is 4. The number of non-ortho nitro benzene ring substituents is 1. The van der Waals surface area contributed by atoms with Gasteiger partial charge in [0.05, 0.1) is 37.3 Å². The fourth-order valence-electron chi connectivity index (χ4n) is 5.64. The number of hydrogen-bond donors (Lipinski definition) is 6. The number of nitrogens with one attached hydrogen (secondary N) is 5. The van der Waals surface area contributed by atoms with Crippen LogP contribution in [0.25, 0.3) is 0 Å². The number of nitrogens with zero attached hydrogens (tertiary/aromatic N) is 5. The van der Waals surface area contributed by atoms with Crippen LogP contribution in [0.2, 0.25) is 10.0 Å². The SMILES string of the molecule is CC(=O)Cc1nnc(S(=O)(=O)NC(=O)C(C)C)s1.CC(C)C(=O)NS(=O)(=O)c1cc(Cl)cc(S(N)(=O)=O)c1.CC(C)C(=O)NS(=O)(=O)c1ccc([N+](=O)[O-])cc1.CC(C)C(=O)NS(=O)(=O)c1ccccc1.CC(C)C(=O)NS(=O)(=O)c1nnc(CC(=O)c2ccc(Cl)cc2)s1. The molecule has 42 heteroatoms. The summed E-state index contributed by atoms with van der Waals surface area (Å²) in [5.74, 6) is -5.80. The molecule has 0 saturated carbocycles. The first-order valence-electron chi connectivity index (χ1n) is 26.9.